The van der Waals surface area contributed by atoms with Crippen molar-refractivity contribution in [3.05, 3.63) is 0 Å². The van der Waals surface area contributed by atoms with Crippen LogP contribution < -0.4 is 5.32 Å². The minimum absolute atomic E-state index is 0.205. The summed E-state index contributed by atoms with van der Waals surface area (Å²) in [7, 11) is 0. The maximum Gasteiger partial charge on any atom is 0.414 e. The van der Waals surface area contributed by atoms with Gasteiger partial charge in [-0.1, -0.05) is 12.8 Å². The molecule has 1 saturated carbocycles. The van der Waals surface area contributed by atoms with E-state index in [9.17, 15) is 13.2 Å². The van der Waals surface area contributed by atoms with Gasteiger partial charge in [-0.2, -0.15) is 13.2 Å². The zero-order valence-electron chi connectivity index (χ0n) is 10.4. The molecule has 102 valence electrons. The predicted molar refractivity (Wildman–Crippen MR) is 61.0 cm³/mol. The molecule has 1 unspecified atom stereocenters. The van der Waals surface area contributed by atoms with Crippen LogP contribution in [0.2, 0.25) is 0 Å². The molecule has 1 atom stereocenters. The van der Waals surface area contributed by atoms with Crippen molar-refractivity contribution in [2.24, 2.45) is 0 Å². The second-order valence-corrected chi connectivity index (χ2v) is 4.70. The first-order valence-electron chi connectivity index (χ1n) is 6.42. The van der Waals surface area contributed by atoms with E-state index in [-0.39, 0.29) is 6.61 Å². The molecular weight excluding hydrogens is 231 g/mol. The molecule has 0 spiro atoms. The fourth-order valence-corrected chi connectivity index (χ4v) is 1.53. The highest BCUT2D eigenvalue weighted by Gasteiger charge is 2.36. The molecule has 0 amide bonds. The zero-order valence-corrected chi connectivity index (χ0v) is 10.4. The molecule has 0 bridgehead atoms. The van der Waals surface area contributed by atoms with Gasteiger partial charge in [-0.3, -0.25) is 0 Å². The van der Waals surface area contributed by atoms with Crippen molar-refractivity contribution >= 4 is 0 Å². The number of rotatable bonds is 9. The Balaban J connectivity index is 1.80. The third-order valence-electron chi connectivity index (χ3n) is 2.91. The van der Waals surface area contributed by atoms with E-state index in [1.807, 2.05) is 0 Å². The lowest BCUT2D eigenvalue weighted by molar-refractivity contribution is -0.214. The second kappa shape index (κ2) is 7.21. The van der Waals surface area contributed by atoms with Crippen LogP contribution in [-0.2, 0) is 4.74 Å². The van der Waals surface area contributed by atoms with Crippen LogP contribution in [0.1, 0.15) is 45.4 Å². The third-order valence-corrected chi connectivity index (χ3v) is 2.91. The molecular formula is C12H22F3NO. The average Bonchev–Trinajstić information content (AvgIpc) is 3.04. The van der Waals surface area contributed by atoms with E-state index in [0.29, 0.717) is 6.42 Å². The van der Waals surface area contributed by atoms with Crippen LogP contribution in [0.4, 0.5) is 13.2 Å². The summed E-state index contributed by atoms with van der Waals surface area (Å²) in [4.78, 5) is 0. The largest absolute Gasteiger partial charge is 0.414 e. The van der Waals surface area contributed by atoms with Crippen molar-refractivity contribution in [3.63, 3.8) is 0 Å². The molecule has 0 aromatic carbocycles. The van der Waals surface area contributed by atoms with Crippen LogP contribution in [0, 0.1) is 0 Å². The molecule has 0 heterocycles. The average molecular weight is 253 g/mol. The normalized spacial score (nSPS) is 18.4. The molecule has 1 aliphatic rings. The van der Waals surface area contributed by atoms with Gasteiger partial charge in [0.2, 0.25) is 0 Å². The summed E-state index contributed by atoms with van der Waals surface area (Å²) in [5, 5.41) is 3.41. The van der Waals surface area contributed by atoms with Crippen molar-refractivity contribution in [3.8, 4) is 0 Å². The molecule has 1 aliphatic carbocycles. The van der Waals surface area contributed by atoms with Crippen LogP contribution in [0.15, 0.2) is 0 Å². The van der Waals surface area contributed by atoms with E-state index in [0.717, 1.165) is 38.8 Å². The van der Waals surface area contributed by atoms with Gasteiger partial charge in [-0.15, -0.1) is 0 Å². The van der Waals surface area contributed by atoms with E-state index in [4.69, 9.17) is 4.74 Å². The molecule has 1 fully saturated rings. The highest BCUT2D eigenvalue weighted by Crippen LogP contribution is 2.22. The Morgan fingerprint density at radius 1 is 1.18 bits per heavy atom. The fraction of sp³-hybridized carbons (Fsp3) is 1.00. The first kappa shape index (κ1) is 14.8. The van der Waals surface area contributed by atoms with Gasteiger partial charge < -0.3 is 10.1 Å². The highest BCUT2D eigenvalue weighted by atomic mass is 19.4. The predicted octanol–water partition coefficient (Wildman–Crippen LogP) is 3.27. The van der Waals surface area contributed by atoms with E-state index in [1.54, 1.807) is 0 Å². The lowest BCUT2D eigenvalue weighted by Gasteiger charge is -2.16. The van der Waals surface area contributed by atoms with Crippen LogP contribution in [0.5, 0.6) is 0 Å². The lowest BCUT2D eigenvalue weighted by Crippen LogP contribution is -2.28. The van der Waals surface area contributed by atoms with Crippen molar-refractivity contribution < 1.29 is 17.9 Å². The lowest BCUT2D eigenvalue weighted by atomic mass is 10.2. The van der Waals surface area contributed by atoms with Crippen LogP contribution in [0.3, 0.4) is 0 Å². The van der Waals surface area contributed by atoms with Gasteiger partial charge in [-0.05, 0) is 39.2 Å². The Morgan fingerprint density at radius 2 is 1.82 bits per heavy atom. The van der Waals surface area contributed by atoms with Crippen molar-refractivity contribution in [1.29, 1.82) is 0 Å². The van der Waals surface area contributed by atoms with Crippen LogP contribution in [-0.4, -0.2) is 31.5 Å². The summed E-state index contributed by atoms with van der Waals surface area (Å²) in [6, 6.07) is 0.742. The molecule has 5 heteroatoms. The number of unbranched alkanes of at least 4 members (excludes halogenated alkanes) is 3. The molecule has 0 aliphatic heterocycles. The van der Waals surface area contributed by atoms with Gasteiger partial charge in [0.1, 0.15) is 0 Å². The van der Waals surface area contributed by atoms with Gasteiger partial charge in [0.25, 0.3) is 0 Å². The maximum absolute atomic E-state index is 12.1. The summed E-state index contributed by atoms with van der Waals surface area (Å²) in [5.41, 5.74) is 0. The standard InChI is InChI=1S/C12H22F3NO/c1-10(12(13,14)15)17-9-5-3-2-4-8-16-11-6-7-11/h10-11,16H,2-9H2,1H3. The Morgan fingerprint density at radius 3 is 2.41 bits per heavy atom. The van der Waals surface area contributed by atoms with Gasteiger partial charge in [0.15, 0.2) is 6.10 Å². The highest BCUT2D eigenvalue weighted by molar-refractivity contribution is 4.80. The topological polar surface area (TPSA) is 21.3 Å². The number of hydrogen-bond donors (Lipinski definition) is 1. The quantitative estimate of drug-likeness (QED) is 0.637. The van der Waals surface area contributed by atoms with E-state index in [2.05, 4.69) is 5.32 Å². The fourth-order valence-electron chi connectivity index (χ4n) is 1.53. The van der Waals surface area contributed by atoms with E-state index >= 15 is 0 Å². The summed E-state index contributed by atoms with van der Waals surface area (Å²) in [5.74, 6) is 0. The number of halogens is 3. The van der Waals surface area contributed by atoms with Crippen molar-refractivity contribution in [2.75, 3.05) is 13.2 Å². The maximum atomic E-state index is 12.1. The third kappa shape index (κ3) is 7.60. The summed E-state index contributed by atoms with van der Waals surface area (Å²) in [6.07, 6.45) is 0.537. The number of hydrogen-bond acceptors (Lipinski definition) is 2. The Bertz CT molecular complexity index is 204. The Labute approximate surface area is 101 Å². The van der Waals surface area contributed by atoms with E-state index < -0.39 is 12.3 Å². The molecule has 0 aromatic heterocycles. The number of nitrogens with one attached hydrogen (secondary N) is 1. The Kier molecular flexibility index (Phi) is 6.27. The Hall–Kier alpha value is -0.290. The van der Waals surface area contributed by atoms with Gasteiger partial charge >= 0.3 is 6.18 Å². The van der Waals surface area contributed by atoms with Gasteiger partial charge in [-0.25, -0.2) is 0 Å². The van der Waals surface area contributed by atoms with Crippen molar-refractivity contribution in [2.45, 2.75) is 63.8 Å². The molecule has 2 nitrogen and oxygen atoms in total. The molecule has 1 rings (SSSR count). The number of ether oxygens (including phenoxy) is 1. The van der Waals surface area contributed by atoms with Gasteiger partial charge in [0.05, 0.1) is 0 Å². The minimum Gasteiger partial charge on any atom is -0.369 e. The summed E-state index contributed by atoms with van der Waals surface area (Å²) in [6.45, 7) is 2.29. The first-order valence-corrected chi connectivity index (χ1v) is 6.42. The second-order valence-electron chi connectivity index (χ2n) is 4.70. The monoisotopic (exact) mass is 253 g/mol. The molecule has 0 radical (unpaired) electrons. The molecule has 1 N–H and O–H groups in total. The first-order chi connectivity index (χ1) is 8.00. The molecule has 17 heavy (non-hydrogen) atoms. The zero-order chi connectivity index (χ0) is 12.7. The number of alkyl halides is 3. The van der Waals surface area contributed by atoms with Crippen molar-refractivity contribution in [1.82, 2.24) is 5.32 Å². The summed E-state index contributed by atoms with van der Waals surface area (Å²) >= 11 is 0. The summed E-state index contributed by atoms with van der Waals surface area (Å²) < 4.78 is 40.9. The molecule has 0 aromatic rings. The minimum atomic E-state index is -4.23. The smallest absolute Gasteiger partial charge is 0.369 e. The van der Waals surface area contributed by atoms with Gasteiger partial charge in [0, 0.05) is 12.6 Å². The van der Waals surface area contributed by atoms with E-state index in [1.165, 1.54) is 12.8 Å². The molecule has 0 saturated heterocycles. The SMILES string of the molecule is CC(OCCCCCCNC1CC1)C(F)(F)F. The van der Waals surface area contributed by atoms with Crippen LogP contribution in [0.25, 0.3) is 0 Å². The van der Waals surface area contributed by atoms with Crippen LogP contribution >= 0.6 is 0 Å².